The number of carbonyl (C=O) groups is 1. The quantitative estimate of drug-likeness (QED) is 0.583. The summed E-state index contributed by atoms with van der Waals surface area (Å²) in [6.45, 7) is 5.79. The van der Waals surface area contributed by atoms with Gasteiger partial charge in [0.1, 0.15) is 0 Å². The van der Waals surface area contributed by atoms with Crippen LogP contribution in [-0.4, -0.2) is 67.3 Å². The molecule has 2 saturated heterocycles. The molecule has 4 rings (SSSR count). The fourth-order valence-electron chi connectivity index (χ4n) is 5.08. The zero-order chi connectivity index (χ0) is 24.1. The van der Waals surface area contributed by atoms with Crippen LogP contribution in [0.25, 0.3) is 10.9 Å². The van der Waals surface area contributed by atoms with Crippen molar-refractivity contribution in [1.29, 1.82) is 0 Å². The average molecular weight is 489 g/mol. The van der Waals surface area contributed by atoms with Crippen LogP contribution in [-0.2, 0) is 10.0 Å². The molecule has 1 aromatic carbocycles. The number of hydrogen-bond acceptors (Lipinski definition) is 5. The van der Waals surface area contributed by atoms with E-state index in [0.29, 0.717) is 36.6 Å². The molecule has 0 aliphatic carbocycles. The number of rotatable bonds is 7. The van der Waals surface area contributed by atoms with Crippen molar-refractivity contribution >= 4 is 26.8 Å². The number of aromatic amines is 1. The van der Waals surface area contributed by atoms with Gasteiger partial charge in [-0.15, -0.1) is 0 Å². The lowest BCUT2D eigenvalue weighted by atomic mass is 10.0. The van der Waals surface area contributed by atoms with Gasteiger partial charge >= 0.3 is 0 Å². The second-order valence-corrected chi connectivity index (χ2v) is 11.5. The molecule has 0 bridgehead atoms. The number of piperidine rings is 1. The van der Waals surface area contributed by atoms with Gasteiger partial charge in [0.25, 0.3) is 5.91 Å². The van der Waals surface area contributed by atoms with E-state index in [9.17, 15) is 18.0 Å². The summed E-state index contributed by atoms with van der Waals surface area (Å²) in [4.78, 5) is 30.5. The Morgan fingerprint density at radius 1 is 1.06 bits per heavy atom. The largest absolute Gasteiger partial charge is 0.352 e. The van der Waals surface area contributed by atoms with Crippen molar-refractivity contribution in [3.05, 3.63) is 40.2 Å². The first-order valence-corrected chi connectivity index (χ1v) is 14.0. The molecule has 2 aliphatic heterocycles. The third-order valence-corrected chi connectivity index (χ3v) is 9.00. The first kappa shape index (κ1) is 24.9. The van der Waals surface area contributed by atoms with E-state index in [1.54, 1.807) is 6.07 Å². The standard InChI is InChI=1S/C25H36N4O4S/c1-19-9-4-7-13-28(19)14-8-12-26-25(31)22-18-24(30)27-23-11-10-20(17-21(22)23)34(32,33)29-15-5-2-3-6-16-29/h10-11,17-19H,2-9,12-16H2,1H3,(H,26,31)(H,27,30). The van der Waals surface area contributed by atoms with Gasteiger partial charge in [0, 0.05) is 49.2 Å². The van der Waals surface area contributed by atoms with Crippen molar-refractivity contribution in [3.63, 3.8) is 0 Å². The van der Waals surface area contributed by atoms with Gasteiger partial charge < -0.3 is 15.2 Å². The molecule has 1 aromatic heterocycles. The predicted molar refractivity (Wildman–Crippen MR) is 134 cm³/mol. The van der Waals surface area contributed by atoms with E-state index in [4.69, 9.17) is 0 Å². The second-order valence-electron chi connectivity index (χ2n) is 9.56. The Balaban J connectivity index is 1.51. The van der Waals surface area contributed by atoms with Gasteiger partial charge in [-0.25, -0.2) is 8.42 Å². The maximum absolute atomic E-state index is 13.3. The molecule has 8 nitrogen and oxygen atoms in total. The zero-order valence-electron chi connectivity index (χ0n) is 20.0. The van der Waals surface area contributed by atoms with Crippen LogP contribution >= 0.6 is 0 Å². The van der Waals surface area contributed by atoms with Crippen molar-refractivity contribution < 1.29 is 13.2 Å². The molecule has 0 spiro atoms. The minimum atomic E-state index is -3.66. The summed E-state index contributed by atoms with van der Waals surface area (Å²) in [5, 5.41) is 3.37. The summed E-state index contributed by atoms with van der Waals surface area (Å²) in [5.41, 5.74) is 0.274. The summed E-state index contributed by atoms with van der Waals surface area (Å²) < 4.78 is 28.1. The number of nitrogens with zero attached hydrogens (tertiary/aromatic N) is 2. The lowest BCUT2D eigenvalue weighted by Crippen LogP contribution is -2.39. The highest BCUT2D eigenvalue weighted by Crippen LogP contribution is 2.25. The Labute approximate surface area is 201 Å². The van der Waals surface area contributed by atoms with Gasteiger partial charge in [0.15, 0.2) is 0 Å². The van der Waals surface area contributed by atoms with E-state index in [1.165, 1.54) is 41.8 Å². The van der Waals surface area contributed by atoms with Crippen LogP contribution in [0.2, 0.25) is 0 Å². The fourth-order valence-corrected chi connectivity index (χ4v) is 6.63. The van der Waals surface area contributed by atoms with E-state index < -0.39 is 10.0 Å². The molecule has 1 unspecified atom stereocenters. The highest BCUT2D eigenvalue weighted by atomic mass is 32.2. The molecule has 2 aliphatic rings. The number of sulfonamides is 1. The normalized spacial score (nSPS) is 20.8. The molecule has 0 radical (unpaired) electrons. The van der Waals surface area contributed by atoms with E-state index in [-0.39, 0.29) is 21.9 Å². The van der Waals surface area contributed by atoms with Crippen LogP contribution in [0.5, 0.6) is 0 Å². The van der Waals surface area contributed by atoms with Gasteiger partial charge in [-0.3, -0.25) is 9.59 Å². The first-order chi connectivity index (χ1) is 16.4. The lowest BCUT2D eigenvalue weighted by Gasteiger charge is -2.33. The third-order valence-electron chi connectivity index (χ3n) is 7.11. The summed E-state index contributed by atoms with van der Waals surface area (Å²) in [7, 11) is -3.66. The van der Waals surface area contributed by atoms with Crippen LogP contribution in [0.1, 0.15) is 68.6 Å². The molecule has 2 fully saturated rings. The Bertz CT molecular complexity index is 1170. The first-order valence-electron chi connectivity index (χ1n) is 12.6. The number of fused-ring (bicyclic) bond motifs is 1. The average Bonchev–Trinajstić information content (AvgIpc) is 3.12. The van der Waals surface area contributed by atoms with Crippen LogP contribution in [0.4, 0.5) is 0 Å². The molecule has 1 amide bonds. The van der Waals surface area contributed by atoms with Crippen molar-refractivity contribution in [2.75, 3.05) is 32.7 Å². The number of likely N-dealkylation sites (tertiary alicyclic amines) is 1. The van der Waals surface area contributed by atoms with E-state index in [1.807, 2.05) is 0 Å². The Morgan fingerprint density at radius 2 is 1.79 bits per heavy atom. The molecule has 1 atom stereocenters. The highest BCUT2D eigenvalue weighted by Gasteiger charge is 2.26. The van der Waals surface area contributed by atoms with Crippen LogP contribution < -0.4 is 10.9 Å². The summed E-state index contributed by atoms with van der Waals surface area (Å²) in [5.74, 6) is -0.355. The molecule has 2 N–H and O–H groups in total. The van der Waals surface area contributed by atoms with E-state index >= 15 is 0 Å². The summed E-state index contributed by atoms with van der Waals surface area (Å²) in [6, 6.07) is 6.45. The molecule has 0 saturated carbocycles. The summed E-state index contributed by atoms with van der Waals surface area (Å²) in [6.07, 6.45) is 8.31. The Hall–Kier alpha value is -2.23. The van der Waals surface area contributed by atoms with Gasteiger partial charge in [-0.1, -0.05) is 19.3 Å². The van der Waals surface area contributed by atoms with E-state index in [2.05, 4.69) is 22.1 Å². The monoisotopic (exact) mass is 488 g/mol. The van der Waals surface area contributed by atoms with Gasteiger partial charge in [-0.2, -0.15) is 4.31 Å². The van der Waals surface area contributed by atoms with Crippen molar-refractivity contribution in [1.82, 2.24) is 19.5 Å². The molecule has 3 heterocycles. The summed E-state index contributed by atoms with van der Waals surface area (Å²) >= 11 is 0. The van der Waals surface area contributed by atoms with E-state index in [0.717, 1.165) is 45.2 Å². The van der Waals surface area contributed by atoms with Crippen molar-refractivity contribution in [2.24, 2.45) is 0 Å². The van der Waals surface area contributed by atoms with Gasteiger partial charge in [0.05, 0.1) is 10.5 Å². The van der Waals surface area contributed by atoms with Gasteiger partial charge in [0.2, 0.25) is 15.6 Å². The number of pyridine rings is 1. The smallest absolute Gasteiger partial charge is 0.252 e. The molecular weight excluding hydrogens is 452 g/mol. The lowest BCUT2D eigenvalue weighted by molar-refractivity contribution is 0.0950. The van der Waals surface area contributed by atoms with Crippen molar-refractivity contribution in [2.45, 2.75) is 69.2 Å². The minimum absolute atomic E-state index is 0.155. The number of benzene rings is 1. The third kappa shape index (κ3) is 5.70. The van der Waals surface area contributed by atoms with Crippen LogP contribution in [0, 0.1) is 0 Å². The molecule has 2 aromatic rings. The van der Waals surface area contributed by atoms with Crippen LogP contribution in [0.15, 0.2) is 34.0 Å². The predicted octanol–water partition coefficient (Wildman–Crippen LogP) is 3.09. The Kier molecular flexibility index (Phi) is 8.06. The maximum Gasteiger partial charge on any atom is 0.252 e. The number of hydrogen-bond donors (Lipinski definition) is 2. The topological polar surface area (TPSA) is 103 Å². The number of nitrogens with one attached hydrogen (secondary N) is 2. The molecule has 9 heteroatoms. The number of amides is 1. The second kappa shape index (κ2) is 11.0. The fraction of sp³-hybridized carbons (Fsp3) is 0.600. The maximum atomic E-state index is 13.3. The van der Waals surface area contributed by atoms with Gasteiger partial charge in [-0.05, 0) is 63.8 Å². The SMILES string of the molecule is CC1CCCCN1CCCNC(=O)c1cc(=O)[nH]c2ccc(S(=O)(=O)N3CCCCCC3)cc12. The highest BCUT2D eigenvalue weighted by molar-refractivity contribution is 7.89. The molecular formula is C25H36N4O4S. The number of H-pyrrole nitrogens is 1. The molecule has 34 heavy (non-hydrogen) atoms. The number of aromatic nitrogens is 1. The molecule has 186 valence electrons. The number of carbonyl (C=O) groups excluding carboxylic acids is 1. The Morgan fingerprint density at radius 3 is 2.53 bits per heavy atom. The van der Waals surface area contributed by atoms with Crippen LogP contribution in [0.3, 0.4) is 0 Å². The zero-order valence-corrected chi connectivity index (χ0v) is 20.8. The minimum Gasteiger partial charge on any atom is -0.352 e. The van der Waals surface area contributed by atoms with Crippen molar-refractivity contribution in [3.8, 4) is 0 Å².